The van der Waals surface area contributed by atoms with Crippen LogP contribution < -0.4 is 19.7 Å². The number of hydrogen-bond acceptors (Lipinski definition) is 6. The second-order valence-electron chi connectivity index (χ2n) is 10.1. The summed E-state index contributed by atoms with van der Waals surface area (Å²) in [6.45, 7) is 6.24. The lowest BCUT2D eigenvalue weighted by Crippen LogP contribution is -2.46. The highest BCUT2D eigenvalue weighted by atomic mass is 35.5. The molecule has 42 heavy (non-hydrogen) atoms. The standard InChI is InChI=1S/C32H33ClN4O4S/c1-23-28(33)6-5-7-29(23)35-42(39,40)27-16-14-26(15-17-27)34-32(38)25-12-10-24(11-13-25)22-36-18-20-37(21-19-36)30-8-3-4-9-31(30)41-2/h3-17,35H,18-22H2,1-2H3,(H,34,38). The number of carbonyl (C=O) groups excluding carboxylic acids is 1. The molecule has 0 spiro atoms. The molecule has 2 N–H and O–H groups in total. The molecule has 1 aliphatic rings. The van der Waals surface area contributed by atoms with Gasteiger partial charge in [-0.05, 0) is 78.7 Å². The highest BCUT2D eigenvalue weighted by molar-refractivity contribution is 7.92. The third kappa shape index (κ3) is 6.87. The van der Waals surface area contributed by atoms with E-state index in [2.05, 4.69) is 25.9 Å². The van der Waals surface area contributed by atoms with E-state index in [0.29, 0.717) is 27.5 Å². The Morgan fingerprint density at radius 2 is 1.57 bits per heavy atom. The molecule has 1 aliphatic heterocycles. The number of nitrogens with one attached hydrogen (secondary N) is 2. The van der Waals surface area contributed by atoms with E-state index in [1.54, 1.807) is 44.4 Å². The van der Waals surface area contributed by atoms with E-state index in [1.807, 2.05) is 42.5 Å². The van der Waals surface area contributed by atoms with Crippen molar-refractivity contribution in [1.82, 2.24) is 4.90 Å². The molecule has 0 bridgehead atoms. The van der Waals surface area contributed by atoms with Crippen LogP contribution in [0.4, 0.5) is 17.1 Å². The van der Waals surface area contributed by atoms with Crippen molar-refractivity contribution >= 4 is 44.6 Å². The lowest BCUT2D eigenvalue weighted by molar-refractivity contribution is 0.102. The van der Waals surface area contributed by atoms with Crippen molar-refractivity contribution in [2.75, 3.05) is 48.2 Å². The monoisotopic (exact) mass is 604 g/mol. The minimum absolute atomic E-state index is 0.0768. The van der Waals surface area contributed by atoms with Crippen LogP contribution >= 0.6 is 11.6 Å². The molecule has 0 saturated carbocycles. The summed E-state index contributed by atoms with van der Waals surface area (Å²) >= 11 is 6.11. The average Bonchev–Trinajstić information content (AvgIpc) is 3.00. The summed E-state index contributed by atoms with van der Waals surface area (Å²) in [6, 6.07) is 26.7. The fraction of sp³-hybridized carbons (Fsp3) is 0.219. The molecule has 0 radical (unpaired) electrons. The number of anilines is 3. The molecule has 0 atom stereocenters. The molecular formula is C32H33ClN4O4S. The third-order valence-corrected chi connectivity index (χ3v) is 9.15. The molecule has 1 amide bonds. The smallest absolute Gasteiger partial charge is 0.261 e. The van der Waals surface area contributed by atoms with Gasteiger partial charge in [-0.1, -0.05) is 41.9 Å². The molecule has 4 aromatic carbocycles. The Bertz CT molecular complexity index is 1650. The van der Waals surface area contributed by atoms with E-state index in [0.717, 1.165) is 49.7 Å². The van der Waals surface area contributed by atoms with Gasteiger partial charge in [0.05, 0.1) is 23.4 Å². The SMILES string of the molecule is COc1ccccc1N1CCN(Cc2ccc(C(=O)Nc3ccc(S(=O)(=O)Nc4cccc(Cl)c4C)cc3)cc2)CC1. The number of para-hydroxylation sites is 2. The Balaban J connectivity index is 1.14. The zero-order valence-corrected chi connectivity index (χ0v) is 25.1. The van der Waals surface area contributed by atoms with Crippen molar-refractivity contribution in [2.24, 2.45) is 0 Å². The number of ether oxygens (including phenoxy) is 1. The number of rotatable bonds is 9. The van der Waals surface area contributed by atoms with Gasteiger partial charge >= 0.3 is 0 Å². The number of methoxy groups -OCH3 is 1. The second kappa shape index (κ2) is 12.9. The van der Waals surface area contributed by atoms with E-state index in [-0.39, 0.29) is 10.8 Å². The predicted octanol–water partition coefficient (Wildman–Crippen LogP) is 6.03. The number of carbonyl (C=O) groups is 1. The predicted molar refractivity (Wildman–Crippen MR) is 168 cm³/mol. The minimum atomic E-state index is -3.82. The van der Waals surface area contributed by atoms with Crippen molar-refractivity contribution in [1.29, 1.82) is 0 Å². The van der Waals surface area contributed by atoms with Gasteiger partial charge in [0.25, 0.3) is 15.9 Å². The van der Waals surface area contributed by atoms with Gasteiger partial charge in [0, 0.05) is 49.0 Å². The summed E-state index contributed by atoms with van der Waals surface area (Å²) < 4.78 is 33.8. The van der Waals surface area contributed by atoms with Gasteiger partial charge in [0.2, 0.25) is 0 Å². The van der Waals surface area contributed by atoms with Gasteiger partial charge in [-0.15, -0.1) is 0 Å². The van der Waals surface area contributed by atoms with E-state index < -0.39 is 10.0 Å². The highest BCUT2D eigenvalue weighted by Gasteiger charge is 2.20. The first kappa shape index (κ1) is 29.4. The number of nitrogens with zero attached hydrogens (tertiary/aromatic N) is 2. The maximum atomic E-state index is 12.9. The van der Waals surface area contributed by atoms with E-state index in [4.69, 9.17) is 16.3 Å². The van der Waals surface area contributed by atoms with Gasteiger partial charge in [-0.3, -0.25) is 14.4 Å². The van der Waals surface area contributed by atoms with Crippen LogP contribution in [0.1, 0.15) is 21.5 Å². The van der Waals surface area contributed by atoms with Crippen LogP contribution in [0.3, 0.4) is 0 Å². The van der Waals surface area contributed by atoms with Crippen LogP contribution in [0.15, 0.2) is 95.9 Å². The molecule has 4 aromatic rings. The van der Waals surface area contributed by atoms with Crippen LogP contribution in [0.5, 0.6) is 5.75 Å². The van der Waals surface area contributed by atoms with Gasteiger partial charge in [0.1, 0.15) is 5.75 Å². The van der Waals surface area contributed by atoms with E-state index in [9.17, 15) is 13.2 Å². The number of hydrogen-bond donors (Lipinski definition) is 2. The van der Waals surface area contributed by atoms with Crippen LogP contribution in [0.2, 0.25) is 5.02 Å². The lowest BCUT2D eigenvalue weighted by atomic mass is 10.1. The minimum Gasteiger partial charge on any atom is -0.495 e. The Morgan fingerprint density at radius 1 is 0.881 bits per heavy atom. The summed E-state index contributed by atoms with van der Waals surface area (Å²) in [4.78, 5) is 17.7. The molecular weight excluding hydrogens is 572 g/mol. The molecule has 1 fully saturated rings. The Kier molecular flexibility index (Phi) is 9.01. The first-order valence-corrected chi connectivity index (χ1v) is 15.5. The number of piperazine rings is 1. The number of sulfonamides is 1. The number of benzene rings is 4. The molecule has 0 unspecified atom stereocenters. The van der Waals surface area contributed by atoms with E-state index in [1.165, 1.54) is 12.1 Å². The quantitative estimate of drug-likeness (QED) is 0.242. The highest BCUT2D eigenvalue weighted by Crippen LogP contribution is 2.29. The fourth-order valence-corrected chi connectivity index (χ4v) is 6.20. The van der Waals surface area contributed by atoms with Crippen molar-refractivity contribution in [2.45, 2.75) is 18.4 Å². The van der Waals surface area contributed by atoms with Crippen LogP contribution in [0.25, 0.3) is 0 Å². The third-order valence-electron chi connectivity index (χ3n) is 7.35. The van der Waals surface area contributed by atoms with Crippen molar-refractivity contribution in [3.63, 3.8) is 0 Å². The Hall–Kier alpha value is -4.05. The van der Waals surface area contributed by atoms with Gasteiger partial charge in [-0.25, -0.2) is 8.42 Å². The molecule has 0 aromatic heterocycles. The van der Waals surface area contributed by atoms with Crippen molar-refractivity contribution < 1.29 is 17.9 Å². The number of halogens is 1. The van der Waals surface area contributed by atoms with Crippen LogP contribution in [-0.4, -0.2) is 52.5 Å². The van der Waals surface area contributed by atoms with Crippen LogP contribution in [0, 0.1) is 6.92 Å². The Morgan fingerprint density at radius 3 is 2.26 bits per heavy atom. The van der Waals surface area contributed by atoms with Crippen molar-refractivity contribution in [3.8, 4) is 5.75 Å². The molecule has 1 saturated heterocycles. The normalized spacial score (nSPS) is 13.9. The Labute approximate surface area is 251 Å². The summed E-state index contributed by atoms with van der Waals surface area (Å²) in [5, 5.41) is 3.31. The zero-order chi connectivity index (χ0) is 29.7. The molecule has 1 heterocycles. The van der Waals surface area contributed by atoms with Gasteiger partial charge in [0.15, 0.2) is 0 Å². The first-order chi connectivity index (χ1) is 20.2. The summed E-state index contributed by atoms with van der Waals surface area (Å²) in [6.07, 6.45) is 0. The first-order valence-electron chi connectivity index (χ1n) is 13.6. The summed E-state index contributed by atoms with van der Waals surface area (Å²) in [5.74, 6) is 0.622. The fourth-order valence-electron chi connectivity index (χ4n) is 4.90. The number of amides is 1. The summed E-state index contributed by atoms with van der Waals surface area (Å²) in [5.41, 5.74) is 4.33. The van der Waals surface area contributed by atoms with Crippen LogP contribution in [-0.2, 0) is 16.6 Å². The van der Waals surface area contributed by atoms with Crippen molar-refractivity contribution in [3.05, 3.63) is 113 Å². The maximum Gasteiger partial charge on any atom is 0.261 e. The molecule has 218 valence electrons. The zero-order valence-electron chi connectivity index (χ0n) is 23.5. The largest absolute Gasteiger partial charge is 0.495 e. The van der Waals surface area contributed by atoms with Gasteiger partial charge < -0.3 is 15.0 Å². The average molecular weight is 605 g/mol. The molecule has 5 rings (SSSR count). The second-order valence-corrected chi connectivity index (χ2v) is 12.2. The maximum absolute atomic E-state index is 12.9. The topological polar surface area (TPSA) is 91.0 Å². The molecule has 10 heteroatoms. The van der Waals surface area contributed by atoms with E-state index >= 15 is 0 Å². The molecule has 8 nitrogen and oxygen atoms in total. The van der Waals surface area contributed by atoms with Gasteiger partial charge in [-0.2, -0.15) is 0 Å². The summed E-state index contributed by atoms with van der Waals surface area (Å²) in [7, 11) is -2.12. The molecule has 0 aliphatic carbocycles. The lowest BCUT2D eigenvalue weighted by Gasteiger charge is -2.36.